The van der Waals surface area contributed by atoms with Crippen molar-refractivity contribution in [2.45, 2.75) is 51.6 Å². The Morgan fingerprint density at radius 3 is 2.00 bits per heavy atom. The predicted octanol–water partition coefficient (Wildman–Crippen LogP) is 7.12. The maximum absolute atomic E-state index is 5.29. The van der Waals surface area contributed by atoms with E-state index < -0.39 is 0 Å². The molecule has 0 amide bonds. The van der Waals surface area contributed by atoms with Gasteiger partial charge >= 0.3 is 0 Å². The van der Waals surface area contributed by atoms with Crippen molar-refractivity contribution in [3.05, 3.63) is 96.1 Å². The van der Waals surface area contributed by atoms with Gasteiger partial charge in [0.05, 0.1) is 11.4 Å². The fourth-order valence-electron chi connectivity index (χ4n) is 4.84. The Labute approximate surface area is 174 Å². The van der Waals surface area contributed by atoms with Crippen LogP contribution < -0.4 is 4.90 Å². The normalized spacial score (nSPS) is 20.1. The Kier molecular flexibility index (Phi) is 5.04. The lowest BCUT2D eigenvalue weighted by Crippen LogP contribution is -2.56. The molecule has 2 nitrogen and oxygen atoms in total. The van der Waals surface area contributed by atoms with Crippen molar-refractivity contribution in [3.8, 4) is 0 Å². The SMILES string of the molecule is CCCC1(c2ccccc2)C(=Nc2ccccc2)c2ccccc2N1C(C)(C)C. The first-order chi connectivity index (χ1) is 14.0. The van der Waals surface area contributed by atoms with Crippen molar-refractivity contribution in [3.63, 3.8) is 0 Å². The molecule has 0 spiro atoms. The average molecular weight is 383 g/mol. The number of hydrogen-bond donors (Lipinski definition) is 0. The Balaban J connectivity index is 2.08. The molecule has 1 atom stereocenters. The molecule has 0 saturated heterocycles. The number of rotatable bonds is 4. The quantitative estimate of drug-likeness (QED) is 0.469. The third-order valence-electron chi connectivity index (χ3n) is 5.70. The summed E-state index contributed by atoms with van der Waals surface area (Å²) in [6.07, 6.45) is 2.08. The summed E-state index contributed by atoms with van der Waals surface area (Å²) in [6, 6.07) is 30.0. The van der Waals surface area contributed by atoms with Gasteiger partial charge < -0.3 is 4.90 Å². The summed E-state index contributed by atoms with van der Waals surface area (Å²) in [5.41, 5.74) is 5.62. The molecule has 0 aliphatic carbocycles. The zero-order valence-electron chi connectivity index (χ0n) is 17.9. The number of anilines is 1. The highest BCUT2D eigenvalue weighted by Gasteiger charge is 2.53. The van der Waals surface area contributed by atoms with Crippen LogP contribution in [0.3, 0.4) is 0 Å². The maximum atomic E-state index is 5.29. The highest BCUT2D eigenvalue weighted by atomic mass is 15.3. The zero-order chi connectivity index (χ0) is 20.5. The zero-order valence-corrected chi connectivity index (χ0v) is 17.9. The molecule has 1 unspecified atom stereocenters. The van der Waals surface area contributed by atoms with E-state index >= 15 is 0 Å². The number of para-hydroxylation sites is 2. The molecule has 1 heterocycles. The third-order valence-corrected chi connectivity index (χ3v) is 5.70. The second kappa shape index (κ2) is 7.51. The van der Waals surface area contributed by atoms with Crippen LogP contribution in [0.5, 0.6) is 0 Å². The van der Waals surface area contributed by atoms with E-state index in [1.54, 1.807) is 0 Å². The number of aliphatic imine (C=N–C) groups is 1. The van der Waals surface area contributed by atoms with Gasteiger partial charge in [0.15, 0.2) is 0 Å². The van der Waals surface area contributed by atoms with E-state index in [1.165, 1.54) is 16.8 Å². The molecule has 29 heavy (non-hydrogen) atoms. The van der Waals surface area contributed by atoms with Gasteiger partial charge in [-0.3, -0.25) is 0 Å². The minimum Gasteiger partial charge on any atom is -0.351 e. The van der Waals surface area contributed by atoms with Gasteiger partial charge in [0.1, 0.15) is 5.54 Å². The highest BCUT2D eigenvalue weighted by molar-refractivity contribution is 6.18. The summed E-state index contributed by atoms with van der Waals surface area (Å²) < 4.78 is 0. The van der Waals surface area contributed by atoms with Crippen LogP contribution in [0.4, 0.5) is 11.4 Å². The topological polar surface area (TPSA) is 15.6 Å². The lowest BCUT2D eigenvalue weighted by atomic mass is 9.78. The van der Waals surface area contributed by atoms with E-state index in [-0.39, 0.29) is 11.1 Å². The third kappa shape index (κ3) is 3.27. The fourth-order valence-corrected chi connectivity index (χ4v) is 4.84. The molecular weight excluding hydrogens is 352 g/mol. The monoisotopic (exact) mass is 382 g/mol. The van der Waals surface area contributed by atoms with E-state index in [0.29, 0.717) is 0 Å². The molecule has 0 bridgehead atoms. The van der Waals surface area contributed by atoms with E-state index in [2.05, 4.69) is 111 Å². The van der Waals surface area contributed by atoms with Crippen molar-refractivity contribution in [1.29, 1.82) is 0 Å². The molecule has 0 fully saturated rings. The number of nitrogens with zero attached hydrogens (tertiary/aromatic N) is 2. The molecule has 0 saturated carbocycles. The molecular formula is C27H30N2. The van der Waals surface area contributed by atoms with Gasteiger partial charge in [-0.15, -0.1) is 0 Å². The van der Waals surface area contributed by atoms with Gasteiger partial charge in [-0.1, -0.05) is 80.1 Å². The van der Waals surface area contributed by atoms with Crippen molar-refractivity contribution in [1.82, 2.24) is 0 Å². The van der Waals surface area contributed by atoms with Gasteiger partial charge in [-0.25, -0.2) is 4.99 Å². The first-order valence-corrected chi connectivity index (χ1v) is 10.6. The Hall–Kier alpha value is -2.87. The summed E-state index contributed by atoms with van der Waals surface area (Å²) in [7, 11) is 0. The summed E-state index contributed by atoms with van der Waals surface area (Å²) in [6.45, 7) is 9.20. The van der Waals surface area contributed by atoms with Gasteiger partial charge in [-0.2, -0.15) is 0 Å². The lowest BCUT2D eigenvalue weighted by Gasteiger charge is -2.48. The van der Waals surface area contributed by atoms with Gasteiger partial charge in [0.2, 0.25) is 0 Å². The highest BCUT2D eigenvalue weighted by Crippen LogP contribution is 2.52. The van der Waals surface area contributed by atoms with Crippen molar-refractivity contribution in [2.75, 3.05) is 4.90 Å². The van der Waals surface area contributed by atoms with Crippen LogP contribution in [0.15, 0.2) is 89.9 Å². The maximum Gasteiger partial charge on any atom is 0.109 e. The molecule has 0 N–H and O–H groups in total. The molecule has 3 aromatic rings. The van der Waals surface area contributed by atoms with Crippen LogP contribution in [-0.2, 0) is 5.54 Å². The smallest absolute Gasteiger partial charge is 0.109 e. The minimum atomic E-state index is -0.298. The van der Waals surface area contributed by atoms with Crippen molar-refractivity contribution >= 4 is 17.1 Å². The summed E-state index contributed by atoms with van der Waals surface area (Å²) >= 11 is 0. The molecule has 3 aromatic carbocycles. The van der Waals surface area contributed by atoms with Crippen LogP contribution in [0.2, 0.25) is 0 Å². The summed E-state index contributed by atoms with van der Waals surface area (Å²) in [5, 5.41) is 0. The van der Waals surface area contributed by atoms with Crippen LogP contribution in [0, 0.1) is 0 Å². The molecule has 0 radical (unpaired) electrons. The van der Waals surface area contributed by atoms with Crippen LogP contribution in [0.25, 0.3) is 0 Å². The Morgan fingerprint density at radius 2 is 1.38 bits per heavy atom. The Morgan fingerprint density at radius 1 is 0.793 bits per heavy atom. The van der Waals surface area contributed by atoms with Gasteiger partial charge in [0.25, 0.3) is 0 Å². The molecule has 1 aliphatic rings. The Bertz CT molecular complexity index is 999. The number of fused-ring (bicyclic) bond motifs is 1. The van der Waals surface area contributed by atoms with Crippen molar-refractivity contribution < 1.29 is 0 Å². The lowest BCUT2D eigenvalue weighted by molar-refractivity contribution is 0.382. The van der Waals surface area contributed by atoms with E-state index in [4.69, 9.17) is 4.99 Å². The van der Waals surface area contributed by atoms with Crippen LogP contribution >= 0.6 is 0 Å². The van der Waals surface area contributed by atoms with Crippen LogP contribution in [-0.4, -0.2) is 11.3 Å². The summed E-state index contributed by atoms with van der Waals surface area (Å²) in [4.78, 5) is 7.89. The second-order valence-electron chi connectivity index (χ2n) is 8.80. The molecule has 4 rings (SSSR count). The average Bonchev–Trinajstić information content (AvgIpc) is 3.00. The molecule has 2 heteroatoms. The fraction of sp³-hybridized carbons (Fsp3) is 0.296. The molecule has 1 aliphatic heterocycles. The first-order valence-electron chi connectivity index (χ1n) is 10.6. The van der Waals surface area contributed by atoms with E-state index in [1.807, 2.05) is 6.07 Å². The van der Waals surface area contributed by atoms with Crippen LogP contribution in [0.1, 0.15) is 51.7 Å². The minimum absolute atomic E-state index is 0.0604. The van der Waals surface area contributed by atoms with E-state index in [9.17, 15) is 0 Å². The second-order valence-corrected chi connectivity index (χ2v) is 8.80. The summed E-state index contributed by atoms with van der Waals surface area (Å²) in [5.74, 6) is 0. The standard InChI is InChI=1S/C27H30N2/c1-5-20-27(21-14-8-6-9-15-21)25(28-22-16-10-7-11-17-22)23-18-12-13-19-24(23)29(27)26(2,3)4/h6-19H,5,20H2,1-4H3. The molecule has 148 valence electrons. The number of hydrogen-bond acceptors (Lipinski definition) is 2. The van der Waals surface area contributed by atoms with E-state index in [0.717, 1.165) is 24.2 Å². The predicted molar refractivity (Wildman–Crippen MR) is 124 cm³/mol. The molecule has 0 aromatic heterocycles. The van der Waals surface area contributed by atoms with Gasteiger partial charge in [0, 0.05) is 16.8 Å². The van der Waals surface area contributed by atoms with Gasteiger partial charge in [-0.05, 0) is 51.0 Å². The first kappa shape index (κ1) is 19.4. The number of benzene rings is 3. The largest absolute Gasteiger partial charge is 0.351 e. The van der Waals surface area contributed by atoms with Crippen molar-refractivity contribution in [2.24, 2.45) is 4.99 Å².